The minimum atomic E-state index is -0.393. The van der Waals surface area contributed by atoms with E-state index in [1.54, 1.807) is 30.5 Å². The zero-order valence-electron chi connectivity index (χ0n) is 14.3. The molecular weight excluding hydrogens is 352 g/mol. The average Bonchev–Trinajstić information content (AvgIpc) is 2.64. The largest absolute Gasteiger partial charge is 0.465 e. The number of methoxy groups -OCH3 is 1. The van der Waals surface area contributed by atoms with Crippen molar-refractivity contribution in [1.29, 1.82) is 0 Å². The van der Waals surface area contributed by atoms with Crippen molar-refractivity contribution in [2.45, 2.75) is 6.92 Å². The van der Waals surface area contributed by atoms with Crippen LogP contribution in [0.3, 0.4) is 0 Å². The third-order valence-corrected chi connectivity index (χ3v) is 3.89. The highest BCUT2D eigenvalue weighted by Gasteiger charge is 2.07. The molecule has 0 aliphatic carbocycles. The summed E-state index contributed by atoms with van der Waals surface area (Å²) in [6.07, 6.45) is 1.64. The van der Waals surface area contributed by atoms with Gasteiger partial charge in [-0.2, -0.15) is 4.98 Å². The molecule has 2 N–H and O–H groups in total. The van der Waals surface area contributed by atoms with E-state index in [9.17, 15) is 4.79 Å². The summed E-state index contributed by atoms with van der Waals surface area (Å²) in [5.74, 6) is 0.629. The molecule has 2 aromatic carbocycles. The van der Waals surface area contributed by atoms with E-state index in [4.69, 9.17) is 16.3 Å². The molecule has 6 nitrogen and oxygen atoms in total. The van der Waals surface area contributed by atoms with Gasteiger partial charge in [0.2, 0.25) is 5.95 Å². The van der Waals surface area contributed by atoms with E-state index in [0.717, 1.165) is 16.9 Å². The van der Waals surface area contributed by atoms with Crippen LogP contribution in [0.1, 0.15) is 15.9 Å². The highest BCUT2D eigenvalue weighted by molar-refractivity contribution is 6.30. The molecule has 7 heteroatoms. The highest BCUT2D eigenvalue weighted by atomic mass is 35.5. The van der Waals surface area contributed by atoms with Crippen molar-refractivity contribution >= 4 is 40.7 Å². The van der Waals surface area contributed by atoms with Gasteiger partial charge in [-0.3, -0.25) is 0 Å². The lowest BCUT2D eigenvalue weighted by atomic mass is 10.2. The zero-order valence-corrected chi connectivity index (χ0v) is 15.0. The normalized spacial score (nSPS) is 10.3. The molecule has 132 valence electrons. The van der Waals surface area contributed by atoms with E-state index in [0.29, 0.717) is 22.4 Å². The van der Waals surface area contributed by atoms with Crippen LogP contribution in [0.25, 0.3) is 0 Å². The Hall–Kier alpha value is -3.12. The molecule has 0 fully saturated rings. The van der Waals surface area contributed by atoms with Crippen LogP contribution >= 0.6 is 11.6 Å². The Morgan fingerprint density at radius 1 is 1.12 bits per heavy atom. The summed E-state index contributed by atoms with van der Waals surface area (Å²) in [7, 11) is 1.35. The molecule has 0 bridgehead atoms. The second kappa shape index (κ2) is 7.84. The van der Waals surface area contributed by atoms with Crippen LogP contribution in [-0.4, -0.2) is 23.0 Å². The highest BCUT2D eigenvalue weighted by Crippen LogP contribution is 2.23. The maximum atomic E-state index is 11.6. The number of halogens is 1. The molecule has 26 heavy (non-hydrogen) atoms. The van der Waals surface area contributed by atoms with Crippen molar-refractivity contribution in [1.82, 2.24) is 9.97 Å². The van der Waals surface area contributed by atoms with E-state index >= 15 is 0 Å². The van der Waals surface area contributed by atoms with Crippen LogP contribution in [0, 0.1) is 6.92 Å². The zero-order chi connectivity index (χ0) is 18.5. The Labute approximate surface area is 156 Å². The monoisotopic (exact) mass is 368 g/mol. The molecule has 3 aromatic rings. The summed E-state index contributed by atoms with van der Waals surface area (Å²) in [5.41, 5.74) is 3.04. The van der Waals surface area contributed by atoms with Crippen molar-refractivity contribution < 1.29 is 9.53 Å². The molecule has 0 unspecified atom stereocenters. The predicted molar refractivity (Wildman–Crippen MR) is 103 cm³/mol. The van der Waals surface area contributed by atoms with Crippen LogP contribution in [0.15, 0.2) is 54.7 Å². The van der Waals surface area contributed by atoms with Crippen molar-refractivity contribution in [3.05, 3.63) is 70.9 Å². The standard InChI is InChI=1S/C19H17ClN4O2/c1-12-6-7-14(20)11-16(12)23-19-21-9-8-17(24-19)22-15-5-3-4-13(10-15)18(25)26-2/h3-11H,1-2H3,(H2,21,22,23,24). The molecule has 0 atom stereocenters. The lowest BCUT2D eigenvalue weighted by Crippen LogP contribution is -2.03. The van der Waals surface area contributed by atoms with Gasteiger partial charge in [0.1, 0.15) is 5.82 Å². The van der Waals surface area contributed by atoms with Crippen molar-refractivity contribution in [3.8, 4) is 0 Å². The Morgan fingerprint density at radius 3 is 2.77 bits per heavy atom. The first-order valence-corrected chi connectivity index (χ1v) is 8.24. The van der Waals surface area contributed by atoms with Gasteiger partial charge in [-0.25, -0.2) is 9.78 Å². The number of hydrogen-bond acceptors (Lipinski definition) is 6. The molecule has 1 heterocycles. The van der Waals surface area contributed by atoms with Crippen LogP contribution in [0.5, 0.6) is 0 Å². The number of hydrogen-bond donors (Lipinski definition) is 2. The number of carbonyl (C=O) groups is 1. The molecule has 0 amide bonds. The summed E-state index contributed by atoms with van der Waals surface area (Å²) in [5, 5.41) is 6.94. The van der Waals surface area contributed by atoms with Gasteiger partial charge in [-0.05, 0) is 48.9 Å². The molecule has 0 radical (unpaired) electrons. The van der Waals surface area contributed by atoms with Gasteiger partial charge in [0.15, 0.2) is 0 Å². The molecule has 3 rings (SSSR count). The minimum absolute atomic E-state index is 0.393. The third kappa shape index (κ3) is 4.29. The van der Waals surface area contributed by atoms with Gasteiger partial charge in [0.25, 0.3) is 0 Å². The van der Waals surface area contributed by atoms with Crippen molar-refractivity contribution in [3.63, 3.8) is 0 Å². The fourth-order valence-corrected chi connectivity index (χ4v) is 2.50. The lowest BCUT2D eigenvalue weighted by Gasteiger charge is -2.11. The number of nitrogens with one attached hydrogen (secondary N) is 2. The Morgan fingerprint density at radius 2 is 1.96 bits per heavy atom. The third-order valence-electron chi connectivity index (χ3n) is 3.66. The van der Waals surface area contributed by atoms with Crippen LogP contribution in [-0.2, 0) is 4.74 Å². The Balaban J connectivity index is 1.79. The summed E-state index contributed by atoms with van der Waals surface area (Å²) >= 11 is 6.04. The molecular formula is C19H17ClN4O2. The van der Waals surface area contributed by atoms with Crippen molar-refractivity contribution in [2.24, 2.45) is 0 Å². The number of nitrogens with zero attached hydrogens (tertiary/aromatic N) is 2. The molecule has 0 aliphatic heterocycles. The van der Waals surface area contributed by atoms with Gasteiger partial charge in [0, 0.05) is 22.6 Å². The van der Waals surface area contributed by atoms with E-state index in [2.05, 4.69) is 20.6 Å². The molecule has 1 aromatic heterocycles. The van der Waals surface area contributed by atoms with Crippen LogP contribution in [0.4, 0.5) is 23.1 Å². The number of carbonyl (C=O) groups excluding carboxylic acids is 1. The van der Waals surface area contributed by atoms with E-state index < -0.39 is 5.97 Å². The summed E-state index contributed by atoms with van der Waals surface area (Å²) in [6, 6.07) is 14.3. The molecule has 0 saturated heterocycles. The Kier molecular flexibility index (Phi) is 5.34. The first-order valence-electron chi connectivity index (χ1n) is 7.87. The number of ether oxygens (including phenoxy) is 1. The maximum absolute atomic E-state index is 11.6. The average molecular weight is 369 g/mol. The molecule has 0 saturated carbocycles. The predicted octanol–water partition coefficient (Wildman–Crippen LogP) is 4.71. The number of esters is 1. The van der Waals surface area contributed by atoms with Gasteiger partial charge in [0.05, 0.1) is 12.7 Å². The first kappa shape index (κ1) is 17.7. The number of benzene rings is 2. The molecule has 0 spiro atoms. The first-order chi connectivity index (χ1) is 12.5. The fourth-order valence-electron chi connectivity index (χ4n) is 2.33. The number of anilines is 4. The summed E-state index contributed by atoms with van der Waals surface area (Å²) < 4.78 is 4.73. The van der Waals surface area contributed by atoms with E-state index in [-0.39, 0.29) is 0 Å². The SMILES string of the molecule is COC(=O)c1cccc(Nc2ccnc(Nc3cc(Cl)ccc3C)n2)c1. The number of aromatic nitrogens is 2. The fraction of sp³-hybridized carbons (Fsp3) is 0.105. The maximum Gasteiger partial charge on any atom is 0.337 e. The number of rotatable bonds is 5. The van der Waals surface area contributed by atoms with Gasteiger partial charge >= 0.3 is 5.97 Å². The minimum Gasteiger partial charge on any atom is -0.465 e. The van der Waals surface area contributed by atoms with Crippen LogP contribution in [0.2, 0.25) is 5.02 Å². The smallest absolute Gasteiger partial charge is 0.337 e. The second-order valence-corrected chi connectivity index (χ2v) is 5.98. The van der Waals surface area contributed by atoms with E-state index in [1.807, 2.05) is 31.2 Å². The lowest BCUT2D eigenvalue weighted by molar-refractivity contribution is 0.0601. The molecule has 0 aliphatic rings. The summed E-state index contributed by atoms with van der Waals surface area (Å²) in [4.78, 5) is 20.3. The summed E-state index contributed by atoms with van der Waals surface area (Å²) in [6.45, 7) is 1.97. The van der Waals surface area contributed by atoms with Crippen molar-refractivity contribution in [2.75, 3.05) is 17.7 Å². The number of aryl methyl sites for hydroxylation is 1. The van der Waals surface area contributed by atoms with Gasteiger partial charge in [-0.1, -0.05) is 23.7 Å². The van der Waals surface area contributed by atoms with E-state index in [1.165, 1.54) is 7.11 Å². The second-order valence-electron chi connectivity index (χ2n) is 5.55. The Bertz CT molecular complexity index is 946. The van der Waals surface area contributed by atoms with Gasteiger partial charge < -0.3 is 15.4 Å². The quantitative estimate of drug-likeness (QED) is 0.635. The topological polar surface area (TPSA) is 76.1 Å². The van der Waals surface area contributed by atoms with Crippen LogP contribution < -0.4 is 10.6 Å². The van der Waals surface area contributed by atoms with Gasteiger partial charge in [-0.15, -0.1) is 0 Å².